The minimum atomic E-state index is -3.80. The highest BCUT2D eigenvalue weighted by atomic mass is 32.2. The maximum Gasteiger partial charge on any atom is 0.335 e. The third-order valence-electron chi connectivity index (χ3n) is 4.71. The van der Waals surface area contributed by atoms with Crippen LogP contribution < -0.4 is 0 Å². The molecule has 0 spiro atoms. The minimum absolute atomic E-state index is 0.0490. The molecule has 0 aliphatic carbocycles. The van der Waals surface area contributed by atoms with Gasteiger partial charge in [0.2, 0.25) is 10.0 Å². The van der Waals surface area contributed by atoms with Crippen LogP contribution in [0.1, 0.15) is 41.6 Å². The molecular formula is C20H20N2O4S. The molecule has 1 saturated heterocycles. The van der Waals surface area contributed by atoms with Crippen LogP contribution in [0, 0.1) is 11.3 Å². The Morgan fingerprint density at radius 2 is 1.70 bits per heavy atom. The summed E-state index contributed by atoms with van der Waals surface area (Å²) in [6.07, 6.45) is 3.56. The lowest BCUT2D eigenvalue weighted by Crippen LogP contribution is -2.32. The van der Waals surface area contributed by atoms with E-state index in [1.165, 1.54) is 22.5 Å². The van der Waals surface area contributed by atoms with Crippen molar-refractivity contribution in [3.63, 3.8) is 0 Å². The summed E-state index contributed by atoms with van der Waals surface area (Å²) in [4.78, 5) is 11.5. The standard InChI is InChI=1S/C20H20N2O4S/c21-14-15-7-3-4-8-19(15)16-11-17(20(23)24)13-18(12-16)27(25,26)22-9-5-1-2-6-10-22/h3-4,7-8,11-13H,1-2,5-6,9-10H2,(H,23,24). The third-order valence-corrected chi connectivity index (χ3v) is 6.59. The largest absolute Gasteiger partial charge is 0.478 e. The molecule has 1 heterocycles. The summed E-state index contributed by atoms with van der Waals surface area (Å²) in [5.41, 5.74) is 1.16. The van der Waals surface area contributed by atoms with Crippen LogP contribution in [0.15, 0.2) is 47.4 Å². The zero-order chi connectivity index (χ0) is 19.4. The number of carboxylic acid groups (broad SMARTS) is 1. The van der Waals surface area contributed by atoms with Crippen molar-refractivity contribution in [1.29, 1.82) is 5.26 Å². The molecule has 0 bridgehead atoms. The monoisotopic (exact) mass is 384 g/mol. The molecule has 140 valence electrons. The van der Waals surface area contributed by atoms with E-state index in [1.807, 2.05) is 0 Å². The molecule has 2 aromatic carbocycles. The van der Waals surface area contributed by atoms with Crippen molar-refractivity contribution < 1.29 is 18.3 Å². The second-order valence-corrected chi connectivity index (χ2v) is 8.46. The van der Waals surface area contributed by atoms with Crippen LogP contribution in [-0.2, 0) is 10.0 Å². The van der Waals surface area contributed by atoms with Gasteiger partial charge in [-0.25, -0.2) is 13.2 Å². The van der Waals surface area contributed by atoms with Gasteiger partial charge in [-0.05, 0) is 48.2 Å². The second kappa shape index (κ2) is 7.91. The highest BCUT2D eigenvalue weighted by Gasteiger charge is 2.27. The van der Waals surface area contributed by atoms with Gasteiger partial charge >= 0.3 is 5.97 Å². The van der Waals surface area contributed by atoms with Crippen molar-refractivity contribution in [1.82, 2.24) is 4.31 Å². The predicted octanol–water partition coefficient (Wildman–Crippen LogP) is 3.49. The SMILES string of the molecule is N#Cc1ccccc1-c1cc(C(=O)O)cc(S(=O)(=O)N2CCCCCC2)c1. The van der Waals surface area contributed by atoms with E-state index in [1.54, 1.807) is 24.3 Å². The van der Waals surface area contributed by atoms with Gasteiger partial charge < -0.3 is 5.11 Å². The highest BCUT2D eigenvalue weighted by molar-refractivity contribution is 7.89. The molecule has 6 nitrogen and oxygen atoms in total. The van der Waals surface area contributed by atoms with Crippen LogP contribution >= 0.6 is 0 Å². The fourth-order valence-electron chi connectivity index (χ4n) is 3.29. The van der Waals surface area contributed by atoms with E-state index in [2.05, 4.69) is 6.07 Å². The Labute approximate surface area is 158 Å². The number of carboxylic acids is 1. The smallest absolute Gasteiger partial charge is 0.335 e. The summed E-state index contributed by atoms with van der Waals surface area (Å²) < 4.78 is 27.7. The van der Waals surface area contributed by atoms with Crippen LogP contribution in [-0.4, -0.2) is 36.9 Å². The Kier molecular flexibility index (Phi) is 5.59. The average Bonchev–Trinajstić information content (AvgIpc) is 2.97. The second-order valence-electron chi connectivity index (χ2n) is 6.53. The van der Waals surface area contributed by atoms with Gasteiger partial charge in [0.25, 0.3) is 0 Å². The Morgan fingerprint density at radius 3 is 2.33 bits per heavy atom. The first-order chi connectivity index (χ1) is 12.9. The quantitative estimate of drug-likeness (QED) is 0.870. The van der Waals surface area contributed by atoms with E-state index in [0.717, 1.165) is 25.7 Å². The molecular weight excluding hydrogens is 364 g/mol. The molecule has 0 amide bonds. The van der Waals surface area contributed by atoms with Crippen LogP contribution in [0.3, 0.4) is 0 Å². The van der Waals surface area contributed by atoms with Crippen LogP contribution in [0.4, 0.5) is 0 Å². The lowest BCUT2D eigenvalue weighted by Gasteiger charge is -2.20. The molecule has 1 fully saturated rings. The molecule has 27 heavy (non-hydrogen) atoms. The van der Waals surface area contributed by atoms with E-state index >= 15 is 0 Å². The fraction of sp³-hybridized carbons (Fsp3) is 0.300. The minimum Gasteiger partial charge on any atom is -0.478 e. The summed E-state index contributed by atoms with van der Waals surface area (Å²) in [7, 11) is -3.80. The molecule has 7 heteroatoms. The van der Waals surface area contributed by atoms with Gasteiger partial charge in [-0.15, -0.1) is 0 Å². The molecule has 0 unspecified atom stereocenters. The van der Waals surface area contributed by atoms with Crippen molar-refractivity contribution in [2.45, 2.75) is 30.6 Å². The summed E-state index contributed by atoms with van der Waals surface area (Å²) in [5, 5.41) is 18.8. The van der Waals surface area contributed by atoms with Gasteiger partial charge in [-0.1, -0.05) is 31.0 Å². The summed E-state index contributed by atoms with van der Waals surface area (Å²) >= 11 is 0. The van der Waals surface area contributed by atoms with E-state index in [9.17, 15) is 23.6 Å². The lowest BCUT2D eigenvalue weighted by atomic mass is 9.99. The predicted molar refractivity (Wildman–Crippen MR) is 101 cm³/mol. The number of sulfonamides is 1. The first-order valence-corrected chi connectivity index (χ1v) is 10.3. The topological polar surface area (TPSA) is 98.5 Å². The van der Waals surface area contributed by atoms with Crippen molar-refractivity contribution in [2.24, 2.45) is 0 Å². The van der Waals surface area contributed by atoms with Crippen molar-refractivity contribution >= 4 is 16.0 Å². The van der Waals surface area contributed by atoms with E-state index in [4.69, 9.17) is 0 Å². The van der Waals surface area contributed by atoms with Crippen LogP contribution in [0.2, 0.25) is 0 Å². The fourth-order valence-corrected chi connectivity index (χ4v) is 4.88. The van der Waals surface area contributed by atoms with Gasteiger partial charge in [-0.2, -0.15) is 9.57 Å². The summed E-state index contributed by atoms with van der Waals surface area (Å²) in [5.74, 6) is -1.21. The number of nitriles is 1. The normalized spacial score (nSPS) is 15.7. The molecule has 3 rings (SSSR count). The Morgan fingerprint density at radius 1 is 1.04 bits per heavy atom. The van der Waals surface area contributed by atoms with Gasteiger partial charge in [0.15, 0.2) is 0 Å². The third kappa shape index (κ3) is 4.02. The first-order valence-electron chi connectivity index (χ1n) is 8.81. The molecule has 0 radical (unpaired) electrons. The zero-order valence-electron chi connectivity index (χ0n) is 14.8. The van der Waals surface area contributed by atoms with Gasteiger partial charge in [-0.3, -0.25) is 0 Å². The molecule has 1 aliphatic rings. The number of carbonyl (C=O) groups is 1. The van der Waals surface area contributed by atoms with Gasteiger partial charge in [0, 0.05) is 13.1 Å². The molecule has 2 aromatic rings. The molecule has 1 N–H and O–H groups in total. The number of benzene rings is 2. The molecule has 0 saturated carbocycles. The number of aromatic carboxylic acids is 1. The van der Waals surface area contributed by atoms with Crippen LogP contribution in [0.25, 0.3) is 11.1 Å². The summed E-state index contributed by atoms with van der Waals surface area (Å²) in [6, 6.07) is 12.9. The van der Waals surface area contributed by atoms with Gasteiger partial charge in [0.1, 0.15) is 0 Å². The first kappa shape index (κ1) is 19.1. The Hall–Kier alpha value is -2.69. The summed E-state index contributed by atoms with van der Waals surface area (Å²) in [6.45, 7) is 0.869. The zero-order valence-corrected chi connectivity index (χ0v) is 15.6. The highest BCUT2D eigenvalue weighted by Crippen LogP contribution is 2.29. The lowest BCUT2D eigenvalue weighted by molar-refractivity contribution is 0.0696. The average molecular weight is 384 g/mol. The van der Waals surface area contributed by atoms with E-state index in [0.29, 0.717) is 29.8 Å². The number of hydrogen-bond acceptors (Lipinski definition) is 4. The van der Waals surface area contributed by atoms with Crippen LogP contribution in [0.5, 0.6) is 0 Å². The number of rotatable bonds is 4. The Bertz CT molecular complexity index is 1000. The van der Waals surface area contributed by atoms with Crippen molar-refractivity contribution in [3.8, 4) is 17.2 Å². The van der Waals surface area contributed by atoms with Crippen molar-refractivity contribution in [3.05, 3.63) is 53.6 Å². The maximum absolute atomic E-state index is 13.1. The number of hydrogen-bond donors (Lipinski definition) is 1. The molecule has 0 atom stereocenters. The van der Waals surface area contributed by atoms with E-state index in [-0.39, 0.29) is 10.5 Å². The van der Waals surface area contributed by atoms with Gasteiger partial charge in [0.05, 0.1) is 22.1 Å². The van der Waals surface area contributed by atoms with Crippen molar-refractivity contribution in [2.75, 3.05) is 13.1 Å². The van der Waals surface area contributed by atoms with E-state index < -0.39 is 16.0 Å². The number of nitrogens with zero attached hydrogens (tertiary/aromatic N) is 2. The maximum atomic E-state index is 13.1. The molecule has 0 aromatic heterocycles. The Balaban J connectivity index is 2.15. The molecule has 1 aliphatic heterocycles.